The molecule has 3 atom stereocenters. The molecule has 0 bridgehead atoms. The minimum Gasteiger partial charge on any atom is -0.340 e. The largest absolute Gasteiger partial charge is 0.340 e. The van der Waals surface area contributed by atoms with Crippen molar-refractivity contribution < 1.29 is 0 Å². The van der Waals surface area contributed by atoms with Crippen LogP contribution in [-0.4, -0.2) is 13.7 Å². The molecule has 19 aromatic rings. The number of fused-ring (bicyclic) bond motifs is 18. The van der Waals surface area contributed by atoms with Gasteiger partial charge in [0.05, 0.1) is 16.2 Å². The van der Waals surface area contributed by atoms with Gasteiger partial charge in [-0.3, -0.25) is 0 Å². The third kappa shape index (κ3) is 12.2. The highest BCUT2D eigenvalue weighted by Crippen LogP contribution is 2.61. The maximum Gasteiger partial charge on any atom is 0.0713 e. The van der Waals surface area contributed by atoms with Gasteiger partial charge in [0.15, 0.2) is 0 Å². The van der Waals surface area contributed by atoms with Crippen LogP contribution in [0.5, 0.6) is 0 Å². The van der Waals surface area contributed by atoms with E-state index >= 15 is 0 Å². The highest BCUT2D eigenvalue weighted by Gasteiger charge is 2.50. The van der Waals surface area contributed by atoms with Crippen molar-refractivity contribution in [3.05, 3.63) is 431 Å². The Kier molecular flexibility index (Phi) is 19.9. The monoisotopic (exact) mass is 1620 g/mol. The second-order valence-corrected chi connectivity index (χ2v) is 36.5. The number of hydrogen-bond donors (Lipinski definition) is 0. The highest BCUT2D eigenvalue weighted by atomic mass is 15.0. The van der Waals surface area contributed by atoms with Gasteiger partial charge in [0.25, 0.3) is 0 Å². The summed E-state index contributed by atoms with van der Waals surface area (Å²) in [5.41, 5.74) is 36.8. The van der Waals surface area contributed by atoms with Gasteiger partial charge in [-0.15, -0.1) is 0 Å². The Bertz CT molecular complexity index is 6890. The van der Waals surface area contributed by atoms with Crippen LogP contribution in [-0.2, 0) is 35.9 Å². The van der Waals surface area contributed by atoms with Gasteiger partial charge in [-0.05, 0) is 262 Å². The van der Waals surface area contributed by atoms with Gasteiger partial charge in [0.2, 0.25) is 0 Å². The molecule has 16 aromatic carbocycles. The molecule has 3 aromatic heterocycles. The van der Waals surface area contributed by atoms with Gasteiger partial charge >= 0.3 is 0 Å². The average Bonchev–Trinajstić information content (AvgIpc) is 1.55. The fourth-order valence-corrected chi connectivity index (χ4v) is 23.8. The van der Waals surface area contributed by atoms with E-state index in [4.69, 9.17) is 0 Å². The van der Waals surface area contributed by atoms with Crippen molar-refractivity contribution in [3.63, 3.8) is 0 Å². The van der Waals surface area contributed by atoms with Crippen LogP contribution in [0.25, 0.3) is 132 Å². The van der Waals surface area contributed by atoms with Gasteiger partial charge < -0.3 is 13.7 Å². The zero-order chi connectivity index (χ0) is 84.1. The van der Waals surface area contributed by atoms with Gasteiger partial charge in [-0.2, -0.15) is 0 Å². The maximum absolute atomic E-state index is 2.71. The Morgan fingerprint density at radius 3 is 0.680 bits per heavy atom. The molecule has 22 rings (SSSR count). The molecule has 0 N–H and O–H groups in total. The summed E-state index contributed by atoms with van der Waals surface area (Å²) < 4.78 is 8.11. The Balaban J connectivity index is 0.795. The SMILES string of the molecule is CCCCC(CC)Cn1c2ccc(-c3cc(-c4ccc5c(c4)c4cc(C6(c7ccccc7)c7ccccc7-c7ccccc76)ccc4n5CC(CC)CCC)cc(-c4ccc5c(c4)c4cc(C6(c7ccccc7)c7ccccc7-c7ccccc76)ccc4n5CC(CC)CCCC)c3)cc2c2cc(C3(c4ccccc4)c4ccccc4-c4ccccc43)ccc21. The summed E-state index contributed by atoms with van der Waals surface area (Å²) in [7, 11) is 0. The third-order valence-corrected chi connectivity index (χ3v) is 30.0. The van der Waals surface area contributed by atoms with Crippen molar-refractivity contribution in [3.8, 4) is 66.8 Å². The molecule has 0 radical (unpaired) electrons. The molecule has 612 valence electrons. The van der Waals surface area contributed by atoms with Crippen LogP contribution in [0.15, 0.2) is 364 Å². The lowest BCUT2D eigenvalue weighted by Crippen LogP contribution is -2.28. The van der Waals surface area contributed by atoms with Gasteiger partial charge in [-0.25, -0.2) is 0 Å². The summed E-state index contributed by atoms with van der Waals surface area (Å²) in [4.78, 5) is 0. The van der Waals surface area contributed by atoms with E-state index in [1.54, 1.807) is 0 Å². The average molecular weight is 1620 g/mol. The highest BCUT2D eigenvalue weighted by molar-refractivity contribution is 6.13. The van der Waals surface area contributed by atoms with Crippen LogP contribution >= 0.6 is 0 Å². The smallest absolute Gasteiger partial charge is 0.0713 e. The lowest BCUT2D eigenvalue weighted by atomic mass is 9.67. The number of benzene rings is 16. The zero-order valence-electron chi connectivity index (χ0n) is 73.1. The molecular formula is C122H109N3. The number of aromatic nitrogens is 3. The van der Waals surface area contributed by atoms with E-state index in [0.29, 0.717) is 17.8 Å². The standard InChI is InChI=1S/C122H109N3/c1-7-13-37-82(11-5)79-124-115-64-58-85(73-103(115)106-76-94(61-67-118(106)124)121(91-41-20-16-21-42-91)110-53-32-26-47-98(110)99-48-27-33-54-111(99)121)88-69-87(84-57-63-114-102(72-84)105-75-93(60-66-117(105)123(114)78-81(10-4)36-9-3)120(90-39-18-15-19-40-90)108-51-30-24-45-96(108)97-46-25-31-52-109(97)120)70-89(71-88)86-59-65-116-104(74-86)107-77-95(62-68-119(107)125(116)80-83(12-6)38-14-8-2)122(92-43-22-17-23-44-92)112-55-34-28-49-100(112)101-50-29-35-56-113(101)122/h15-35,39-77,81-83H,7-14,36-38,78-80H2,1-6H3. The molecule has 3 heteroatoms. The lowest BCUT2D eigenvalue weighted by Gasteiger charge is -2.34. The summed E-state index contributed by atoms with van der Waals surface area (Å²) in [5.74, 6) is 1.60. The third-order valence-electron chi connectivity index (χ3n) is 30.0. The number of hydrogen-bond acceptors (Lipinski definition) is 0. The molecule has 3 unspecified atom stereocenters. The van der Waals surface area contributed by atoms with E-state index in [2.05, 4.69) is 419 Å². The number of rotatable bonds is 26. The van der Waals surface area contributed by atoms with Crippen molar-refractivity contribution >= 4 is 65.4 Å². The van der Waals surface area contributed by atoms with Gasteiger partial charge in [-0.1, -0.05) is 366 Å². The predicted molar refractivity (Wildman–Crippen MR) is 529 cm³/mol. The normalized spacial score (nSPS) is 14.5. The molecule has 0 saturated carbocycles. The molecule has 3 aliphatic rings. The van der Waals surface area contributed by atoms with Crippen molar-refractivity contribution in [2.24, 2.45) is 17.8 Å². The van der Waals surface area contributed by atoms with Crippen LogP contribution in [0.1, 0.15) is 179 Å². The Morgan fingerprint density at radius 2 is 0.432 bits per heavy atom. The number of nitrogens with zero attached hydrogens (tertiary/aromatic N) is 3. The molecule has 3 heterocycles. The minimum atomic E-state index is -0.553. The Labute approximate surface area is 737 Å². The summed E-state index contributed by atoms with van der Waals surface area (Å²) in [6.45, 7) is 17.1. The predicted octanol–water partition coefficient (Wildman–Crippen LogP) is 32.4. The van der Waals surface area contributed by atoms with E-state index < -0.39 is 16.2 Å². The van der Waals surface area contributed by atoms with E-state index in [1.165, 1.54) is 244 Å². The Morgan fingerprint density at radius 1 is 0.200 bits per heavy atom. The Hall–Kier alpha value is -13.1. The van der Waals surface area contributed by atoms with E-state index in [0.717, 1.165) is 45.3 Å². The zero-order valence-corrected chi connectivity index (χ0v) is 73.1. The molecule has 125 heavy (non-hydrogen) atoms. The topological polar surface area (TPSA) is 14.8 Å². The van der Waals surface area contributed by atoms with Crippen LogP contribution < -0.4 is 0 Å². The summed E-state index contributed by atoms with van der Waals surface area (Å²) in [6.07, 6.45) is 13.0. The van der Waals surface area contributed by atoms with Crippen LogP contribution in [0.4, 0.5) is 0 Å². The summed E-state index contributed by atoms with van der Waals surface area (Å²) in [5, 5.41) is 7.73. The quantitative estimate of drug-likeness (QED) is 0.0513. The van der Waals surface area contributed by atoms with Crippen molar-refractivity contribution in [2.45, 2.75) is 148 Å². The number of unbranched alkanes of at least 4 members (excludes halogenated alkanes) is 2. The molecule has 3 aliphatic carbocycles. The maximum atomic E-state index is 2.71. The molecule has 0 aliphatic heterocycles. The fraction of sp³-hybridized carbons (Fsp3) is 0.213. The molecular weight excluding hydrogens is 1510 g/mol. The molecule has 0 saturated heterocycles. The van der Waals surface area contributed by atoms with Crippen LogP contribution in [0.3, 0.4) is 0 Å². The summed E-state index contributed by atoms with van der Waals surface area (Å²) >= 11 is 0. The molecule has 0 fully saturated rings. The van der Waals surface area contributed by atoms with Crippen molar-refractivity contribution in [1.82, 2.24) is 13.7 Å². The van der Waals surface area contributed by atoms with E-state index in [1.807, 2.05) is 0 Å². The first-order valence-corrected chi connectivity index (χ1v) is 46.8. The van der Waals surface area contributed by atoms with Crippen molar-refractivity contribution in [1.29, 1.82) is 0 Å². The second kappa shape index (κ2) is 31.9. The van der Waals surface area contributed by atoms with Crippen LogP contribution in [0, 0.1) is 17.8 Å². The van der Waals surface area contributed by atoms with Crippen molar-refractivity contribution in [2.75, 3.05) is 0 Å². The molecule has 0 amide bonds. The lowest BCUT2D eigenvalue weighted by molar-refractivity contribution is 0.401. The first-order chi connectivity index (χ1) is 61.7. The van der Waals surface area contributed by atoms with Gasteiger partial charge in [0.1, 0.15) is 0 Å². The minimum absolute atomic E-state index is 0.531. The van der Waals surface area contributed by atoms with E-state index in [-0.39, 0.29) is 0 Å². The first kappa shape index (κ1) is 77.9. The first-order valence-electron chi connectivity index (χ1n) is 46.8. The van der Waals surface area contributed by atoms with E-state index in [9.17, 15) is 0 Å². The van der Waals surface area contributed by atoms with Gasteiger partial charge in [0, 0.05) is 85.1 Å². The van der Waals surface area contributed by atoms with Crippen LogP contribution in [0.2, 0.25) is 0 Å². The summed E-state index contributed by atoms with van der Waals surface area (Å²) in [6, 6.07) is 142. The molecule has 3 nitrogen and oxygen atoms in total. The fourth-order valence-electron chi connectivity index (χ4n) is 23.8. The molecule has 0 spiro atoms. The second-order valence-electron chi connectivity index (χ2n) is 36.5.